The van der Waals surface area contributed by atoms with Gasteiger partial charge >= 0.3 is 0 Å². The van der Waals surface area contributed by atoms with E-state index in [-0.39, 0.29) is 0 Å². The van der Waals surface area contributed by atoms with Gasteiger partial charge in [0.05, 0.1) is 11.4 Å². The molecular formula is C14H17N3S2. The predicted octanol–water partition coefficient (Wildman–Crippen LogP) is 3.67. The summed E-state index contributed by atoms with van der Waals surface area (Å²) in [4.78, 5) is 8.43. The fourth-order valence-electron chi connectivity index (χ4n) is 2.20. The van der Waals surface area contributed by atoms with Crippen molar-refractivity contribution < 1.29 is 0 Å². The second-order valence-corrected chi connectivity index (χ2v) is 6.98. The van der Waals surface area contributed by atoms with Gasteiger partial charge in [-0.15, -0.1) is 22.7 Å². The van der Waals surface area contributed by atoms with E-state index in [9.17, 15) is 0 Å². The quantitative estimate of drug-likeness (QED) is 0.794. The van der Waals surface area contributed by atoms with Gasteiger partial charge in [0.2, 0.25) is 0 Å². The van der Waals surface area contributed by atoms with Crippen molar-refractivity contribution in [3.8, 4) is 0 Å². The number of aryl methyl sites for hydroxylation is 3. The minimum absolute atomic E-state index is 0.862. The SMILES string of the molecule is Cc1cn2c(CNCc3sccc3C)c(C)nc2s1. The van der Waals surface area contributed by atoms with Crippen molar-refractivity contribution in [3.05, 3.63) is 44.3 Å². The van der Waals surface area contributed by atoms with Crippen LogP contribution in [0.1, 0.15) is 26.7 Å². The molecule has 0 saturated carbocycles. The van der Waals surface area contributed by atoms with Crippen LogP contribution in [0.25, 0.3) is 4.96 Å². The van der Waals surface area contributed by atoms with E-state index in [4.69, 9.17) is 0 Å². The zero-order valence-electron chi connectivity index (χ0n) is 11.4. The fraction of sp³-hybridized carbons (Fsp3) is 0.357. The number of rotatable bonds is 4. The van der Waals surface area contributed by atoms with Crippen LogP contribution in [0, 0.1) is 20.8 Å². The monoisotopic (exact) mass is 291 g/mol. The number of fused-ring (bicyclic) bond motifs is 1. The third-order valence-electron chi connectivity index (χ3n) is 3.29. The van der Waals surface area contributed by atoms with Gasteiger partial charge in [0, 0.05) is 29.0 Å². The zero-order chi connectivity index (χ0) is 13.4. The molecule has 0 aliphatic carbocycles. The van der Waals surface area contributed by atoms with E-state index in [0.29, 0.717) is 0 Å². The topological polar surface area (TPSA) is 29.3 Å². The van der Waals surface area contributed by atoms with Crippen molar-refractivity contribution in [1.29, 1.82) is 0 Å². The Morgan fingerprint density at radius 2 is 2.11 bits per heavy atom. The van der Waals surface area contributed by atoms with Gasteiger partial charge in [0.1, 0.15) is 0 Å². The Labute approximate surface area is 120 Å². The van der Waals surface area contributed by atoms with Crippen molar-refractivity contribution in [3.63, 3.8) is 0 Å². The molecule has 0 aliphatic heterocycles. The Balaban J connectivity index is 1.74. The largest absolute Gasteiger partial charge is 0.306 e. The molecule has 0 saturated heterocycles. The molecule has 0 fully saturated rings. The van der Waals surface area contributed by atoms with Crippen LogP contribution >= 0.6 is 22.7 Å². The van der Waals surface area contributed by atoms with Gasteiger partial charge in [-0.25, -0.2) is 4.98 Å². The Bertz CT molecular complexity index is 705. The number of thiazole rings is 1. The summed E-state index contributed by atoms with van der Waals surface area (Å²) in [5.41, 5.74) is 3.77. The first-order chi connectivity index (χ1) is 9.15. The smallest absolute Gasteiger partial charge is 0.194 e. The predicted molar refractivity (Wildman–Crippen MR) is 82.1 cm³/mol. The summed E-state index contributed by atoms with van der Waals surface area (Å²) in [6, 6.07) is 2.17. The minimum Gasteiger partial charge on any atom is -0.306 e. The van der Waals surface area contributed by atoms with Crippen molar-refractivity contribution in [2.75, 3.05) is 0 Å². The first-order valence-electron chi connectivity index (χ1n) is 6.33. The lowest BCUT2D eigenvalue weighted by Crippen LogP contribution is -2.14. The molecule has 0 radical (unpaired) electrons. The van der Waals surface area contributed by atoms with Crippen LogP contribution in [0.4, 0.5) is 0 Å². The van der Waals surface area contributed by atoms with E-state index in [1.165, 1.54) is 21.0 Å². The van der Waals surface area contributed by atoms with Gasteiger partial charge in [0.25, 0.3) is 0 Å². The Kier molecular flexibility index (Phi) is 3.43. The van der Waals surface area contributed by atoms with E-state index in [1.807, 2.05) is 11.3 Å². The average molecular weight is 291 g/mol. The first-order valence-corrected chi connectivity index (χ1v) is 8.02. The summed E-state index contributed by atoms with van der Waals surface area (Å²) < 4.78 is 2.21. The summed E-state index contributed by atoms with van der Waals surface area (Å²) in [7, 11) is 0. The first kappa shape index (κ1) is 12.8. The Hall–Kier alpha value is -1.17. The molecule has 3 heterocycles. The van der Waals surface area contributed by atoms with E-state index >= 15 is 0 Å². The van der Waals surface area contributed by atoms with Crippen molar-refractivity contribution in [1.82, 2.24) is 14.7 Å². The third-order valence-corrected chi connectivity index (χ3v) is 5.21. The lowest BCUT2D eigenvalue weighted by Gasteiger charge is -2.04. The van der Waals surface area contributed by atoms with Gasteiger partial charge in [-0.1, -0.05) is 0 Å². The maximum Gasteiger partial charge on any atom is 0.194 e. The summed E-state index contributed by atoms with van der Waals surface area (Å²) in [5.74, 6) is 0. The van der Waals surface area contributed by atoms with Crippen LogP contribution in [0.15, 0.2) is 17.6 Å². The normalized spacial score (nSPS) is 11.5. The van der Waals surface area contributed by atoms with Gasteiger partial charge in [-0.2, -0.15) is 0 Å². The molecular weight excluding hydrogens is 274 g/mol. The highest BCUT2D eigenvalue weighted by atomic mass is 32.1. The van der Waals surface area contributed by atoms with E-state index < -0.39 is 0 Å². The highest BCUT2D eigenvalue weighted by molar-refractivity contribution is 7.17. The standard InChI is InChI=1S/C14H17N3S2/c1-9-4-5-18-13(9)7-15-6-12-11(3)16-14-17(12)8-10(2)19-14/h4-5,8,15H,6-7H2,1-3H3. The lowest BCUT2D eigenvalue weighted by atomic mass is 10.3. The molecule has 3 aromatic heterocycles. The van der Waals surface area contributed by atoms with Gasteiger partial charge < -0.3 is 5.32 Å². The second kappa shape index (κ2) is 5.07. The molecule has 0 atom stereocenters. The number of nitrogens with one attached hydrogen (secondary N) is 1. The van der Waals surface area contributed by atoms with Crippen LogP contribution in [-0.4, -0.2) is 9.38 Å². The number of imidazole rings is 1. The zero-order valence-corrected chi connectivity index (χ0v) is 13.0. The van der Waals surface area contributed by atoms with Crippen LogP contribution in [0.5, 0.6) is 0 Å². The fourth-order valence-corrected chi connectivity index (χ4v) is 3.97. The summed E-state index contributed by atoms with van der Waals surface area (Å²) >= 11 is 3.56. The van der Waals surface area contributed by atoms with Crippen LogP contribution in [0.3, 0.4) is 0 Å². The molecule has 19 heavy (non-hydrogen) atoms. The van der Waals surface area contributed by atoms with Gasteiger partial charge in [0.15, 0.2) is 4.96 Å². The molecule has 0 unspecified atom stereocenters. The third kappa shape index (κ3) is 2.45. The van der Waals surface area contributed by atoms with Gasteiger partial charge in [-0.05, 0) is 37.8 Å². The molecule has 3 aromatic rings. The molecule has 0 spiro atoms. The summed E-state index contributed by atoms with van der Waals surface area (Å²) in [6.45, 7) is 8.17. The number of hydrogen-bond donors (Lipinski definition) is 1. The molecule has 3 rings (SSSR count). The molecule has 100 valence electrons. The second-order valence-electron chi connectivity index (χ2n) is 4.77. The molecule has 0 amide bonds. The highest BCUT2D eigenvalue weighted by Crippen LogP contribution is 2.21. The average Bonchev–Trinajstić information content (AvgIpc) is 2.98. The Morgan fingerprint density at radius 3 is 2.84 bits per heavy atom. The van der Waals surface area contributed by atoms with Crippen LogP contribution in [-0.2, 0) is 13.1 Å². The number of hydrogen-bond acceptors (Lipinski definition) is 4. The maximum atomic E-state index is 4.61. The molecule has 3 nitrogen and oxygen atoms in total. The van der Waals surface area contributed by atoms with E-state index in [1.54, 1.807) is 11.3 Å². The van der Waals surface area contributed by atoms with Crippen molar-refractivity contribution in [2.45, 2.75) is 33.9 Å². The van der Waals surface area contributed by atoms with E-state index in [2.05, 4.69) is 53.1 Å². The lowest BCUT2D eigenvalue weighted by molar-refractivity contribution is 0.677. The highest BCUT2D eigenvalue weighted by Gasteiger charge is 2.10. The molecule has 0 aromatic carbocycles. The summed E-state index contributed by atoms with van der Waals surface area (Å²) in [5, 5.41) is 5.68. The minimum atomic E-state index is 0.862. The van der Waals surface area contributed by atoms with Gasteiger partial charge in [-0.3, -0.25) is 4.40 Å². The Morgan fingerprint density at radius 1 is 1.26 bits per heavy atom. The van der Waals surface area contributed by atoms with Crippen LogP contribution in [0.2, 0.25) is 0 Å². The summed E-state index contributed by atoms with van der Waals surface area (Å²) in [6.07, 6.45) is 2.17. The molecule has 0 aliphatic rings. The van der Waals surface area contributed by atoms with E-state index in [0.717, 1.165) is 23.7 Å². The van der Waals surface area contributed by atoms with Crippen LogP contribution < -0.4 is 5.32 Å². The number of aromatic nitrogens is 2. The molecule has 1 N–H and O–H groups in total. The number of nitrogens with zero attached hydrogens (tertiary/aromatic N) is 2. The van der Waals surface area contributed by atoms with Crippen molar-refractivity contribution in [2.24, 2.45) is 0 Å². The molecule has 0 bridgehead atoms. The number of thiophene rings is 1. The maximum absolute atomic E-state index is 4.61. The van der Waals surface area contributed by atoms with Crippen molar-refractivity contribution >= 4 is 27.6 Å². The molecule has 5 heteroatoms.